The van der Waals surface area contributed by atoms with Crippen molar-refractivity contribution in [3.05, 3.63) is 24.3 Å². The number of rotatable bonds is 3. The van der Waals surface area contributed by atoms with E-state index in [0.29, 0.717) is 0 Å². The molecule has 0 bridgehead atoms. The largest absolute Gasteiger partial charge is 0.495 e. The van der Waals surface area contributed by atoms with Gasteiger partial charge in [-0.25, -0.2) is 8.42 Å². The van der Waals surface area contributed by atoms with Gasteiger partial charge in [0.2, 0.25) is 0 Å². The van der Waals surface area contributed by atoms with Crippen LogP contribution < -0.4 is 9.64 Å². The van der Waals surface area contributed by atoms with Crippen molar-refractivity contribution in [2.45, 2.75) is 19.0 Å². The summed E-state index contributed by atoms with van der Waals surface area (Å²) in [6.45, 7) is 2.07. The average Bonchev–Trinajstić information content (AvgIpc) is 2.90. The van der Waals surface area contributed by atoms with E-state index in [1.54, 1.807) is 18.9 Å². The van der Waals surface area contributed by atoms with E-state index in [9.17, 15) is 8.42 Å². The molecule has 0 unspecified atom stereocenters. The standard InChI is InChI=1S/C14H18N2O3S2/c1-3-20-14-15-10-8-21(17,18)9-12(10)16(14)11-6-4-5-7-13(11)19-2/h4-7,10,12H,3,8-9H2,1-2H3/t10-,12+/m0/s1. The quantitative estimate of drug-likeness (QED) is 0.847. The van der Waals surface area contributed by atoms with E-state index in [1.165, 1.54) is 0 Å². The molecule has 114 valence electrons. The van der Waals surface area contributed by atoms with Crippen LogP contribution in [0.4, 0.5) is 5.69 Å². The first kappa shape index (κ1) is 14.7. The molecular weight excluding hydrogens is 308 g/mol. The van der Waals surface area contributed by atoms with Crippen molar-refractivity contribution in [2.75, 3.05) is 29.3 Å². The van der Waals surface area contributed by atoms with E-state index in [0.717, 1.165) is 22.4 Å². The summed E-state index contributed by atoms with van der Waals surface area (Å²) in [6.07, 6.45) is 0. The Labute approximate surface area is 129 Å². The van der Waals surface area contributed by atoms with Gasteiger partial charge in [0.05, 0.1) is 36.4 Å². The number of amidine groups is 1. The summed E-state index contributed by atoms with van der Waals surface area (Å²) in [7, 11) is -1.38. The number of thioether (sulfide) groups is 1. The second kappa shape index (κ2) is 5.53. The van der Waals surface area contributed by atoms with Crippen LogP contribution in [0.3, 0.4) is 0 Å². The molecule has 0 aromatic heterocycles. The van der Waals surface area contributed by atoms with Crippen LogP contribution in [-0.2, 0) is 9.84 Å². The molecule has 7 heteroatoms. The fourth-order valence-corrected chi connectivity index (χ4v) is 5.56. The van der Waals surface area contributed by atoms with Crippen molar-refractivity contribution in [1.29, 1.82) is 0 Å². The summed E-state index contributed by atoms with van der Waals surface area (Å²) in [5, 5.41) is 0.895. The Hall–Kier alpha value is -1.21. The lowest BCUT2D eigenvalue weighted by Crippen LogP contribution is -2.39. The fraction of sp³-hybridized carbons (Fsp3) is 0.500. The number of anilines is 1. The van der Waals surface area contributed by atoms with Gasteiger partial charge < -0.3 is 9.64 Å². The van der Waals surface area contributed by atoms with Crippen molar-refractivity contribution >= 4 is 32.5 Å². The first-order valence-corrected chi connectivity index (χ1v) is 9.69. The first-order chi connectivity index (χ1) is 10.1. The van der Waals surface area contributed by atoms with E-state index in [-0.39, 0.29) is 23.6 Å². The molecule has 0 N–H and O–H groups in total. The molecular formula is C14H18N2O3S2. The molecule has 2 atom stereocenters. The monoisotopic (exact) mass is 326 g/mol. The van der Waals surface area contributed by atoms with Crippen molar-refractivity contribution in [3.8, 4) is 5.75 Å². The van der Waals surface area contributed by atoms with Gasteiger partial charge in [-0.1, -0.05) is 30.8 Å². The van der Waals surface area contributed by atoms with E-state index in [4.69, 9.17) is 4.74 Å². The van der Waals surface area contributed by atoms with Crippen molar-refractivity contribution in [3.63, 3.8) is 0 Å². The zero-order valence-corrected chi connectivity index (χ0v) is 13.7. The molecule has 2 heterocycles. The zero-order chi connectivity index (χ0) is 15.0. The lowest BCUT2D eigenvalue weighted by atomic mass is 10.1. The molecule has 1 aromatic rings. The van der Waals surface area contributed by atoms with E-state index < -0.39 is 9.84 Å². The molecule has 0 radical (unpaired) electrons. The summed E-state index contributed by atoms with van der Waals surface area (Å²) in [5.41, 5.74) is 0.893. The number of hydrogen-bond donors (Lipinski definition) is 0. The number of nitrogens with zero attached hydrogens (tertiary/aromatic N) is 2. The van der Waals surface area contributed by atoms with E-state index in [2.05, 4.69) is 11.9 Å². The van der Waals surface area contributed by atoms with Gasteiger partial charge in [-0.15, -0.1) is 0 Å². The highest BCUT2D eigenvalue weighted by atomic mass is 32.2. The molecule has 2 aliphatic heterocycles. The summed E-state index contributed by atoms with van der Waals surface area (Å²) < 4.78 is 29.2. The zero-order valence-electron chi connectivity index (χ0n) is 12.0. The van der Waals surface area contributed by atoms with Crippen LogP contribution in [0.5, 0.6) is 5.75 Å². The Morgan fingerprint density at radius 1 is 1.38 bits per heavy atom. The fourth-order valence-electron chi connectivity index (χ4n) is 2.87. The highest BCUT2D eigenvalue weighted by Gasteiger charge is 2.47. The minimum absolute atomic E-state index is 0.111. The smallest absolute Gasteiger partial charge is 0.164 e. The van der Waals surface area contributed by atoms with Gasteiger partial charge >= 0.3 is 0 Å². The predicted octanol–water partition coefficient (Wildman–Crippen LogP) is 1.79. The number of sulfone groups is 1. The van der Waals surface area contributed by atoms with E-state index in [1.807, 2.05) is 29.2 Å². The van der Waals surface area contributed by atoms with Crippen LogP contribution in [0, 0.1) is 0 Å². The maximum atomic E-state index is 11.9. The predicted molar refractivity (Wildman–Crippen MR) is 87.3 cm³/mol. The van der Waals surface area contributed by atoms with Gasteiger partial charge in [0.25, 0.3) is 0 Å². The molecule has 0 amide bonds. The topological polar surface area (TPSA) is 59.0 Å². The van der Waals surface area contributed by atoms with Gasteiger partial charge in [0, 0.05) is 0 Å². The SMILES string of the molecule is CCSC1=N[C@H]2CS(=O)(=O)C[C@H]2N1c1ccccc1OC. The van der Waals surface area contributed by atoms with Gasteiger partial charge in [-0.3, -0.25) is 4.99 Å². The number of aliphatic imine (C=N–C) groups is 1. The Morgan fingerprint density at radius 3 is 2.86 bits per heavy atom. The molecule has 1 saturated heterocycles. The Kier molecular flexibility index (Phi) is 3.88. The molecule has 21 heavy (non-hydrogen) atoms. The van der Waals surface area contributed by atoms with Crippen LogP contribution in [-0.4, -0.2) is 50.0 Å². The Bertz CT molecular complexity index is 673. The number of hydrogen-bond acceptors (Lipinski definition) is 6. The van der Waals surface area contributed by atoms with E-state index >= 15 is 0 Å². The van der Waals surface area contributed by atoms with Gasteiger partial charge in [0.15, 0.2) is 15.0 Å². The van der Waals surface area contributed by atoms with Gasteiger partial charge in [-0.2, -0.15) is 0 Å². The molecule has 0 spiro atoms. The maximum absolute atomic E-state index is 11.9. The number of methoxy groups -OCH3 is 1. The van der Waals surface area contributed by atoms with Crippen molar-refractivity contribution in [2.24, 2.45) is 4.99 Å². The minimum atomic E-state index is -3.00. The van der Waals surface area contributed by atoms with Crippen LogP contribution in [0.1, 0.15) is 6.92 Å². The highest BCUT2D eigenvalue weighted by Crippen LogP contribution is 2.39. The molecule has 1 aromatic carbocycles. The number of fused-ring (bicyclic) bond motifs is 1. The highest BCUT2D eigenvalue weighted by molar-refractivity contribution is 8.14. The molecule has 0 saturated carbocycles. The third-order valence-electron chi connectivity index (χ3n) is 3.73. The molecule has 2 aliphatic rings. The van der Waals surface area contributed by atoms with Crippen LogP contribution in [0.25, 0.3) is 0 Å². The van der Waals surface area contributed by atoms with Crippen molar-refractivity contribution < 1.29 is 13.2 Å². The molecule has 1 fully saturated rings. The normalized spacial score (nSPS) is 26.6. The molecule has 3 rings (SSSR count). The summed E-state index contributed by atoms with van der Waals surface area (Å²) in [6, 6.07) is 7.42. The Morgan fingerprint density at radius 2 is 2.14 bits per heavy atom. The minimum Gasteiger partial charge on any atom is -0.495 e. The summed E-state index contributed by atoms with van der Waals surface area (Å²) >= 11 is 1.64. The first-order valence-electron chi connectivity index (χ1n) is 6.89. The summed E-state index contributed by atoms with van der Waals surface area (Å²) in [5.74, 6) is 1.95. The van der Waals surface area contributed by atoms with Gasteiger partial charge in [0.1, 0.15) is 5.75 Å². The molecule has 5 nitrogen and oxygen atoms in total. The van der Waals surface area contributed by atoms with Crippen molar-refractivity contribution in [1.82, 2.24) is 0 Å². The van der Waals surface area contributed by atoms with Crippen LogP contribution in [0.2, 0.25) is 0 Å². The molecule has 0 aliphatic carbocycles. The van der Waals surface area contributed by atoms with Crippen LogP contribution in [0.15, 0.2) is 29.3 Å². The number of benzene rings is 1. The maximum Gasteiger partial charge on any atom is 0.164 e. The number of ether oxygens (including phenoxy) is 1. The van der Waals surface area contributed by atoms with Crippen LogP contribution >= 0.6 is 11.8 Å². The Balaban J connectivity index is 2.03. The lowest BCUT2D eigenvalue weighted by molar-refractivity contribution is 0.415. The second-order valence-corrected chi connectivity index (χ2v) is 8.48. The average molecular weight is 326 g/mol. The van der Waals surface area contributed by atoms with Gasteiger partial charge in [-0.05, 0) is 17.9 Å². The number of para-hydroxylation sites is 2. The second-order valence-electron chi connectivity index (χ2n) is 5.10. The summed E-state index contributed by atoms with van der Waals surface area (Å²) in [4.78, 5) is 6.68. The third-order valence-corrected chi connectivity index (χ3v) is 6.27. The lowest BCUT2D eigenvalue weighted by Gasteiger charge is -2.27. The third kappa shape index (κ3) is 2.64.